The second-order valence-electron chi connectivity index (χ2n) is 5.43. The van der Waals surface area contributed by atoms with Crippen molar-refractivity contribution in [1.29, 1.82) is 0 Å². The van der Waals surface area contributed by atoms with Crippen LogP contribution in [0.2, 0.25) is 0 Å². The third-order valence-electron chi connectivity index (χ3n) is 3.73. The van der Waals surface area contributed by atoms with Gasteiger partial charge in [-0.2, -0.15) is 0 Å². The van der Waals surface area contributed by atoms with E-state index in [1.54, 1.807) is 31.2 Å². The highest BCUT2D eigenvalue weighted by atomic mass is 32.2. The first-order valence-corrected chi connectivity index (χ1v) is 8.68. The van der Waals surface area contributed by atoms with Crippen molar-refractivity contribution in [2.45, 2.75) is 24.8 Å². The number of rotatable bonds is 3. The number of anilines is 1. The van der Waals surface area contributed by atoms with Crippen molar-refractivity contribution in [2.24, 2.45) is 0 Å². The topological polar surface area (TPSA) is 96.4 Å². The van der Waals surface area contributed by atoms with Crippen molar-refractivity contribution in [3.05, 3.63) is 53.7 Å². The molecule has 0 fully saturated rings. The quantitative estimate of drug-likeness (QED) is 0.911. The first-order chi connectivity index (χ1) is 11.3. The van der Waals surface area contributed by atoms with Crippen LogP contribution < -0.4 is 5.32 Å². The molecule has 0 saturated heterocycles. The van der Waals surface area contributed by atoms with Gasteiger partial charge in [0.05, 0.1) is 5.56 Å². The normalized spacial score (nSPS) is 16.6. The molecule has 3 rings (SSSR count). The lowest BCUT2D eigenvalue weighted by atomic mass is 10.2. The number of carbonyl (C=O) groups excluding carboxylic acids is 2. The Morgan fingerprint density at radius 2 is 1.88 bits per heavy atom. The minimum absolute atomic E-state index is 0.0748. The van der Waals surface area contributed by atoms with Gasteiger partial charge in [-0.15, -0.1) is 0 Å². The smallest absolute Gasteiger partial charge is 0.269 e. The summed E-state index contributed by atoms with van der Waals surface area (Å²) in [6.45, 7) is 3.14. The summed E-state index contributed by atoms with van der Waals surface area (Å²) >= 11 is 0. The summed E-state index contributed by atoms with van der Waals surface area (Å²) in [6, 6.07) is 9.79. The molecule has 2 aromatic rings. The number of sulfonamides is 1. The highest BCUT2D eigenvalue weighted by Crippen LogP contribution is 2.31. The van der Waals surface area contributed by atoms with Gasteiger partial charge in [-0.3, -0.25) is 9.59 Å². The Morgan fingerprint density at radius 1 is 1.17 bits per heavy atom. The summed E-state index contributed by atoms with van der Waals surface area (Å²) in [5.74, 6) is -1.03. The molecule has 24 heavy (non-hydrogen) atoms. The number of aromatic nitrogens is 1. The van der Waals surface area contributed by atoms with Gasteiger partial charge in [0.1, 0.15) is 16.8 Å². The molecular weight excluding hydrogens is 330 g/mol. The fraction of sp³-hybridized carbons (Fsp3) is 0.188. The number of amides is 2. The van der Waals surface area contributed by atoms with Crippen molar-refractivity contribution in [3.63, 3.8) is 0 Å². The maximum absolute atomic E-state index is 12.6. The van der Waals surface area contributed by atoms with E-state index >= 15 is 0 Å². The summed E-state index contributed by atoms with van der Waals surface area (Å²) in [6.07, 6.45) is 0. The maximum atomic E-state index is 12.6. The summed E-state index contributed by atoms with van der Waals surface area (Å²) in [5.41, 5.74) is 0.781. The number of aryl methyl sites for hydroxylation is 1. The molecule has 8 heteroatoms. The molecule has 1 aliphatic heterocycles. The van der Waals surface area contributed by atoms with Gasteiger partial charge in [-0.1, -0.05) is 18.2 Å². The summed E-state index contributed by atoms with van der Waals surface area (Å²) in [4.78, 5) is 28.9. The summed E-state index contributed by atoms with van der Waals surface area (Å²) < 4.78 is 25.7. The fourth-order valence-corrected chi connectivity index (χ4v) is 4.26. The summed E-state index contributed by atoms with van der Waals surface area (Å²) in [7, 11) is -4.04. The predicted octanol–water partition coefficient (Wildman–Crippen LogP) is 1.56. The van der Waals surface area contributed by atoms with Gasteiger partial charge in [0.2, 0.25) is 5.91 Å². The largest absolute Gasteiger partial charge is 0.309 e. The number of carbonyl (C=O) groups is 2. The van der Waals surface area contributed by atoms with Gasteiger partial charge < -0.3 is 5.32 Å². The highest BCUT2D eigenvalue weighted by molar-refractivity contribution is 7.90. The number of hydrogen-bond donors (Lipinski definition) is 1. The van der Waals surface area contributed by atoms with E-state index in [0.717, 1.165) is 0 Å². The molecule has 1 N–H and O–H groups in total. The molecule has 1 aromatic heterocycles. The minimum atomic E-state index is -4.04. The second-order valence-corrected chi connectivity index (χ2v) is 7.21. The van der Waals surface area contributed by atoms with Crippen LogP contribution in [0, 0.1) is 6.92 Å². The van der Waals surface area contributed by atoms with Crippen LogP contribution in [-0.2, 0) is 14.8 Å². The Balaban J connectivity index is 1.89. The van der Waals surface area contributed by atoms with E-state index < -0.39 is 27.9 Å². The molecule has 0 unspecified atom stereocenters. The molecule has 0 spiro atoms. The molecule has 0 radical (unpaired) electrons. The lowest BCUT2D eigenvalue weighted by Gasteiger charge is -2.22. The van der Waals surface area contributed by atoms with Crippen LogP contribution in [0.5, 0.6) is 0 Å². The molecule has 0 saturated carbocycles. The van der Waals surface area contributed by atoms with Crippen molar-refractivity contribution in [1.82, 2.24) is 9.29 Å². The van der Waals surface area contributed by atoms with Crippen LogP contribution in [0.15, 0.2) is 47.4 Å². The van der Waals surface area contributed by atoms with Gasteiger partial charge >= 0.3 is 0 Å². The van der Waals surface area contributed by atoms with Gasteiger partial charge in [-0.25, -0.2) is 17.7 Å². The third-order valence-corrected chi connectivity index (χ3v) is 5.64. The van der Waals surface area contributed by atoms with Crippen molar-refractivity contribution < 1.29 is 18.0 Å². The van der Waals surface area contributed by atoms with E-state index in [2.05, 4.69) is 10.3 Å². The first kappa shape index (κ1) is 16.1. The van der Waals surface area contributed by atoms with Crippen LogP contribution in [0.3, 0.4) is 0 Å². The predicted molar refractivity (Wildman–Crippen MR) is 86.9 cm³/mol. The average Bonchev–Trinajstić information content (AvgIpc) is 2.74. The molecule has 1 aromatic carbocycles. The van der Waals surface area contributed by atoms with Gasteiger partial charge in [-0.05, 0) is 38.1 Å². The number of nitrogens with one attached hydrogen (secondary N) is 1. The molecule has 1 atom stereocenters. The fourth-order valence-electron chi connectivity index (χ4n) is 2.54. The van der Waals surface area contributed by atoms with E-state index in [4.69, 9.17) is 0 Å². The zero-order valence-electron chi connectivity index (χ0n) is 13.1. The van der Waals surface area contributed by atoms with E-state index in [-0.39, 0.29) is 10.5 Å². The lowest BCUT2D eigenvalue weighted by molar-refractivity contribution is -0.118. The highest BCUT2D eigenvalue weighted by Gasteiger charge is 2.45. The monoisotopic (exact) mass is 345 g/mol. The third kappa shape index (κ3) is 2.54. The molecule has 2 amide bonds. The molecule has 0 aliphatic carbocycles. The zero-order valence-corrected chi connectivity index (χ0v) is 13.9. The molecule has 7 nitrogen and oxygen atoms in total. The SMILES string of the molecule is Cc1cccc(NC(=O)[C@H](C)N2C(=O)c3ccccc3S2(=O)=O)n1. The van der Waals surface area contributed by atoms with E-state index in [0.29, 0.717) is 15.8 Å². The minimum Gasteiger partial charge on any atom is -0.309 e. The van der Waals surface area contributed by atoms with Crippen molar-refractivity contribution in [3.8, 4) is 0 Å². The average molecular weight is 345 g/mol. The molecule has 1 aliphatic rings. The number of hydrogen-bond acceptors (Lipinski definition) is 5. The van der Waals surface area contributed by atoms with Crippen molar-refractivity contribution in [2.75, 3.05) is 5.32 Å². The Morgan fingerprint density at radius 3 is 2.54 bits per heavy atom. The maximum Gasteiger partial charge on any atom is 0.269 e. The molecule has 124 valence electrons. The zero-order chi connectivity index (χ0) is 17.5. The van der Waals surface area contributed by atoms with Gasteiger partial charge in [0.15, 0.2) is 0 Å². The Bertz CT molecular complexity index is 940. The van der Waals surface area contributed by atoms with E-state index in [1.807, 2.05) is 0 Å². The molecule has 0 bridgehead atoms. The first-order valence-electron chi connectivity index (χ1n) is 7.24. The van der Waals surface area contributed by atoms with Crippen LogP contribution in [0.4, 0.5) is 5.82 Å². The molecular formula is C16H15N3O4S. The number of nitrogens with zero attached hydrogens (tertiary/aromatic N) is 2. The van der Waals surface area contributed by atoms with E-state index in [9.17, 15) is 18.0 Å². The van der Waals surface area contributed by atoms with Gasteiger partial charge in [0, 0.05) is 5.69 Å². The van der Waals surface area contributed by atoms with E-state index in [1.165, 1.54) is 25.1 Å². The Kier molecular flexibility index (Phi) is 3.84. The summed E-state index contributed by atoms with van der Waals surface area (Å²) in [5, 5.41) is 2.54. The van der Waals surface area contributed by atoms with Crippen LogP contribution in [0.1, 0.15) is 23.0 Å². The number of fused-ring (bicyclic) bond motifs is 1. The number of pyridine rings is 1. The van der Waals surface area contributed by atoms with Crippen LogP contribution >= 0.6 is 0 Å². The second kappa shape index (κ2) is 5.72. The van der Waals surface area contributed by atoms with Crippen LogP contribution in [-0.4, -0.2) is 35.6 Å². The number of benzene rings is 1. The van der Waals surface area contributed by atoms with Crippen molar-refractivity contribution >= 4 is 27.7 Å². The van der Waals surface area contributed by atoms with Gasteiger partial charge in [0.25, 0.3) is 15.9 Å². The lowest BCUT2D eigenvalue weighted by Crippen LogP contribution is -2.45. The van der Waals surface area contributed by atoms with Crippen LogP contribution in [0.25, 0.3) is 0 Å². The Labute approximate surface area is 139 Å². The Hall–Kier alpha value is -2.74. The standard InChI is InChI=1S/C16H15N3O4S/c1-10-6-5-9-14(17-10)18-15(20)11(2)19-16(21)12-7-3-4-8-13(12)24(19,22)23/h3-9,11H,1-2H3,(H,17,18,20)/t11-/m0/s1. The molecule has 2 heterocycles.